The number of fused-ring (bicyclic) bond motifs is 2. The average Bonchev–Trinajstić information content (AvgIpc) is 3.65. The maximum Gasteiger partial charge on any atom is 0.270 e. The molecule has 2 aliphatic rings. The molecule has 0 radical (unpaired) electrons. The average molecular weight is 618 g/mol. The van der Waals surface area contributed by atoms with E-state index in [1.54, 1.807) is 18.7 Å². The minimum absolute atomic E-state index is 0.00351. The second kappa shape index (κ2) is 12.7. The van der Waals surface area contributed by atoms with Gasteiger partial charge in [0.2, 0.25) is 5.95 Å². The Balaban J connectivity index is 1.31. The number of carbonyl (C=O) groups excluding carboxylic acids is 2. The van der Waals surface area contributed by atoms with Gasteiger partial charge in [-0.25, -0.2) is 4.98 Å². The van der Waals surface area contributed by atoms with Gasteiger partial charge in [0.25, 0.3) is 11.8 Å². The number of nitrogens with zero attached hydrogens (tertiary/aromatic N) is 4. The van der Waals surface area contributed by atoms with Gasteiger partial charge in [0.15, 0.2) is 5.60 Å². The van der Waals surface area contributed by atoms with E-state index in [2.05, 4.69) is 35.3 Å². The van der Waals surface area contributed by atoms with E-state index in [1.165, 1.54) is 16.9 Å². The number of ether oxygens (including phenoxy) is 2. The van der Waals surface area contributed by atoms with Gasteiger partial charge in [-0.1, -0.05) is 31.2 Å². The molecule has 0 unspecified atom stereocenters. The number of benzene rings is 2. The molecule has 2 N–H and O–H groups in total. The molecule has 44 heavy (non-hydrogen) atoms. The number of nitrogens with one attached hydrogen (secondary N) is 1. The molecule has 0 bridgehead atoms. The van der Waals surface area contributed by atoms with Crippen LogP contribution in [0.1, 0.15) is 42.4 Å². The summed E-state index contributed by atoms with van der Waals surface area (Å²) < 4.78 is 13.6. The number of aryl methyl sites for hydroxylation is 2. The summed E-state index contributed by atoms with van der Waals surface area (Å²) in [4.78, 5) is 37.5. The molecule has 4 aromatic rings. The van der Waals surface area contributed by atoms with Crippen LogP contribution in [-0.4, -0.2) is 83.0 Å². The highest BCUT2D eigenvalue weighted by Gasteiger charge is 2.41. The second-order valence-corrected chi connectivity index (χ2v) is 12.8. The van der Waals surface area contributed by atoms with Crippen LogP contribution in [0.5, 0.6) is 5.75 Å². The molecule has 0 atom stereocenters. The topological polar surface area (TPSA) is 109 Å². The van der Waals surface area contributed by atoms with Crippen LogP contribution in [0.2, 0.25) is 0 Å². The summed E-state index contributed by atoms with van der Waals surface area (Å²) in [5.74, 6) is 0.611. The van der Waals surface area contributed by atoms with Gasteiger partial charge in [0.1, 0.15) is 5.75 Å². The molecule has 2 aliphatic heterocycles. The highest BCUT2D eigenvalue weighted by atomic mass is 32.1. The van der Waals surface area contributed by atoms with E-state index < -0.39 is 5.60 Å². The predicted molar refractivity (Wildman–Crippen MR) is 173 cm³/mol. The number of carbonyl (C=O) groups is 2. The number of rotatable bonds is 10. The fourth-order valence-electron chi connectivity index (χ4n) is 5.75. The van der Waals surface area contributed by atoms with Crippen molar-refractivity contribution in [2.75, 3.05) is 56.2 Å². The zero-order valence-electron chi connectivity index (χ0n) is 25.5. The van der Waals surface area contributed by atoms with Crippen LogP contribution in [0, 0.1) is 0 Å². The van der Waals surface area contributed by atoms with Crippen molar-refractivity contribution >= 4 is 45.8 Å². The SMILES string of the molecule is CCc1cccc(-c2ccc(C(=O)Nc3nc4cc5c(cc4n3CCCO)OC(C)(C)C(=O)N5CCN3CCOCC3)s2)c1. The van der Waals surface area contributed by atoms with E-state index in [4.69, 9.17) is 14.5 Å². The van der Waals surface area contributed by atoms with Crippen molar-refractivity contribution in [3.05, 3.63) is 59.0 Å². The summed E-state index contributed by atoms with van der Waals surface area (Å²) in [6.07, 6.45) is 1.43. The van der Waals surface area contributed by atoms with Crippen molar-refractivity contribution in [2.24, 2.45) is 0 Å². The number of amides is 2. The van der Waals surface area contributed by atoms with Crippen LogP contribution in [0.15, 0.2) is 48.5 Å². The number of imidazole rings is 1. The van der Waals surface area contributed by atoms with Crippen molar-refractivity contribution < 1.29 is 24.2 Å². The highest BCUT2D eigenvalue weighted by Crippen LogP contribution is 2.41. The lowest BCUT2D eigenvalue weighted by atomic mass is 10.0. The first-order valence-corrected chi connectivity index (χ1v) is 16.1. The minimum atomic E-state index is -1.04. The summed E-state index contributed by atoms with van der Waals surface area (Å²) in [6, 6.07) is 15.9. The zero-order valence-corrected chi connectivity index (χ0v) is 26.3. The van der Waals surface area contributed by atoms with E-state index in [-0.39, 0.29) is 18.4 Å². The molecular weight excluding hydrogens is 578 g/mol. The van der Waals surface area contributed by atoms with E-state index in [1.807, 2.05) is 34.9 Å². The standard InChI is InChI=1S/C33H39N5O5S/c1-4-22-7-5-8-23(19-22)28-9-10-29(44-28)30(40)35-32-34-24-20-26-27(21-25(24)38(32)11-6-16-39)43-33(2,3)31(41)37(26)13-12-36-14-17-42-18-15-36/h5,7-10,19-21,39H,4,6,11-18H2,1-3H3,(H,34,35,40). The van der Waals surface area contributed by atoms with Crippen LogP contribution in [0.4, 0.5) is 11.6 Å². The first-order valence-electron chi connectivity index (χ1n) is 15.2. The molecule has 11 heteroatoms. The third-order valence-electron chi connectivity index (χ3n) is 8.20. The predicted octanol–water partition coefficient (Wildman–Crippen LogP) is 4.80. The maximum absolute atomic E-state index is 13.5. The van der Waals surface area contributed by atoms with E-state index >= 15 is 0 Å². The lowest BCUT2D eigenvalue weighted by Crippen LogP contribution is -2.54. The number of hydrogen-bond acceptors (Lipinski definition) is 8. The van der Waals surface area contributed by atoms with Crippen molar-refractivity contribution in [1.29, 1.82) is 0 Å². The number of hydrogen-bond donors (Lipinski definition) is 2. The van der Waals surface area contributed by atoms with Gasteiger partial charge in [-0.2, -0.15) is 0 Å². The number of morpholine rings is 1. The number of thiophene rings is 1. The number of aliphatic hydroxyl groups is 1. The Hall–Kier alpha value is -3.77. The summed E-state index contributed by atoms with van der Waals surface area (Å²) in [6.45, 7) is 10.4. The number of aliphatic hydroxyl groups excluding tert-OH is 1. The molecule has 232 valence electrons. The molecule has 1 fully saturated rings. The molecule has 2 aromatic carbocycles. The van der Waals surface area contributed by atoms with Crippen molar-refractivity contribution in [2.45, 2.75) is 45.8 Å². The molecule has 1 saturated heterocycles. The van der Waals surface area contributed by atoms with E-state index in [9.17, 15) is 14.7 Å². The summed E-state index contributed by atoms with van der Waals surface area (Å²) in [5, 5.41) is 12.6. The Morgan fingerprint density at radius 3 is 2.68 bits per heavy atom. The van der Waals surface area contributed by atoms with Gasteiger partial charge in [-0.05, 0) is 56.0 Å². The molecule has 2 aromatic heterocycles. The quantitative estimate of drug-likeness (QED) is 0.263. The van der Waals surface area contributed by atoms with Gasteiger partial charge < -0.3 is 24.0 Å². The van der Waals surface area contributed by atoms with Crippen molar-refractivity contribution in [1.82, 2.24) is 14.5 Å². The van der Waals surface area contributed by atoms with Crippen molar-refractivity contribution in [3.8, 4) is 16.2 Å². The van der Waals surface area contributed by atoms with E-state index in [0.29, 0.717) is 60.5 Å². The third kappa shape index (κ3) is 6.10. The van der Waals surface area contributed by atoms with Crippen LogP contribution < -0.4 is 15.0 Å². The fraction of sp³-hybridized carbons (Fsp3) is 0.424. The first-order chi connectivity index (χ1) is 21.3. The minimum Gasteiger partial charge on any atom is -0.476 e. The molecule has 6 rings (SSSR count). The van der Waals surface area contributed by atoms with Gasteiger partial charge in [-0.15, -0.1) is 11.3 Å². The Bertz CT molecular complexity index is 1670. The first kappa shape index (κ1) is 30.3. The largest absolute Gasteiger partial charge is 0.476 e. The van der Waals surface area contributed by atoms with Gasteiger partial charge in [0.05, 0.1) is 34.8 Å². The van der Waals surface area contributed by atoms with Gasteiger partial charge in [0, 0.05) is 50.3 Å². The van der Waals surface area contributed by atoms with Crippen LogP contribution in [0.3, 0.4) is 0 Å². The van der Waals surface area contributed by atoms with Crippen LogP contribution in [-0.2, 0) is 22.5 Å². The van der Waals surface area contributed by atoms with Crippen LogP contribution in [0.25, 0.3) is 21.5 Å². The summed E-state index contributed by atoms with van der Waals surface area (Å²) in [5.41, 5.74) is 3.35. The van der Waals surface area contributed by atoms with Gasteiger partial charge >= 0.3 is 0 Å². The molecule has 0 saturated carbocycles. The second-order valence-electron chi connectivity index (χ2n) is 11.7. The summed E-state index contributed by atoms with van der Waals surface area (Å²) >= 11 is 1.44. The number of anilines is 2. The Morgan fingerprint density at radius 1 is 1.09 bits per heavy atom. The summed E-state index contributed by atoms with van der Waals surface area (Å²) in [7, 11) is 0. The number of aromatic nitrogens is 2. The lowest BCUT2D eigenvalue weighted by Gasteiger charge is -2.40. The third-order valence-corrected chi connectivity index (χ3v) is 9.34. The molecule has 10 nitrogen and oxygen atoms in total. The molecule has 0 aliphatic carbocycles. The zero-order chi connectivity index (χ0) is 30.8. The monoisotopic (exact) mass is 617 g/mol. The Labute approximate surface area is 261 Å². The molecule has 4 heterocycles. The Morgan fingerprint density at radius 2 is 1.91 bits per heavy atom. The fourth-order valence-corrected chi connectivity index (χ4v) is 6.65. The maximum atomic E-state index is 13.5. The Kier molecular flexibility index (Phi) is 8.73. The van der Waals surface area contributed by atoms with Gasteiger partial charge in [-0.3, -0.25) is 19.8 Å². The highest BCUT2D eigenvalue weighted by molar-refractivity contribution is 7.17. The smallest absolute Gasteiger partial charge is 0.270 e. The molecule has 0 spiro atoms. The molecular formula is C33H39N5O5S. The molecule has 2 amide bonds. The van der Waals surface area contributed by atoms with Crippen LogP contribution >= 0.6 is 11.3 Å². The lowest BCUT2D eigenvalue weighted by molar-refractivity contribution is -0.132. The normalized spacial score (nSPS) is 16.6. The van der Waals surface area contributed by atoms with Crippen molar-refractivity contribution in [3.63, 3.8) is 0 Å². The van der Waals surface area contributed by atoms with E-state index in [0.717, 1.165) is 42.0 Å².